The highest BCUT2D eigenvalue weighted by Gasteiger charge is 2.27. The average molecular weight is 305 g/mol. The second-order valence-electron chi connectivity index (χ2n) is 6.08. The molecule has 1 saturated heterocycles. The molecule has 6 heteroatoms. The van der Waals surface area contributed by atoms with Crippen molar-refractivity contribution in [1.82, 2.24) is 9.73 Å². The number of sulfonamides is 1. The summed E-state index contributed by atoms with van der Waals surface area (Å²) in [5.41, 5.74) is 2.91. The third-order valence-electron chi connectivity index (χ3n) is 4.21. The van der Waals surface area contributed by atoms with Gasteiger partial charge in [0.2, 0.25) is 10.0 Å². The predicted octanol–water partition coefficient (Wildman–Crippen LogP) is 1.85. The fraction of sp³-hybridized carbons (Fsp3) is 1.00. The molecule has 1 rings (SSSR count). The Morgan fingerprint density at radius 2 is 2.10 bits per heavy atom. The summed E-state index contributed by atoms with van der Waals surface area (Å²) in [5.74, 6) is 6.08. The number of nitrogens with two attached hydrogens (primary N) is 1. The SMILES string of the molecule is CCCCCCC(CC1CCCN(S(C)(=O)=O)C1)NN. The van der Waals surface area contributed by atoms with E-state index in [9.17, 15) is 8.42 Å². The van der Waals surface area contributed by atoms with Gasteiger partial charge in [-0.2, -0.15) is 0 Å². The van der Waals surface area contributed by atoms with Crippen LogP contribution in [-0.4, -0.2) is 38.1 Å². The van der Waals surface area contributed by atoms with Crippen LogP contribution in [0, 0.1) is 5.92 Å². The fourth-order valence-electron chi connectivity index (χ4n) is 3.01. The Morgan fingerprint density at radius 1 is 1.35 bits per heavy atom. The van der Waals surface area contributed by atoms with Crippen LogP contribution in [0.5, 0.6) is 0 Å². The molecule has 0 radical (unpaired) electrons. The number of rotatable bonds is 9. The summed E-state index contributed by atoms with van der Waals surface area (Å²) in [4.78, 5) is 0. The molecule has 0 bridgehead atoms. The Bertz CT molecular complexity index is 359. The summed E-state index contributed by atoms with van der Waals surface area (Å²) < 4.78 is 24.9. The first kappa shape index (κ1) is 17.9. The zero-order valence-electron chi connectivity index (χ0n) is 13.0. The number of piperidine rings is 1. The standard InChI is InChI=1S/C14H31N3O2S/c1-3-4-5-6-9-14(16-15)11-13-8-7-10-17(12-13)20(2,18)19/h13-14,16H,3-12,15H2,1-2H3. The lowest BCUT2D eigenvalue weighted by atomic mass is 9.90. The summed E-state index contributed by atoms with van der Waals surface area (Å²) in [6.45, 7) is 3.54. The molecule has 0 aromatic heterocycles. The first-order valence-electron chi connectivity index (χ1n) is 7.88. The van der Waals surface area contributed by atoms with E-state index in [2.05, 4.69) is 12.3 Å². The van der Waals surface area contributed by atoms with Gasteiger partial charge in [-0.25, -0.2) is 12.7 Å². The molecule has 1 aliphatic heterocycles. The summed E-state index contributed by atoms with van der Waals surface area (Å²) >= 11 is 0. The van der Waals surface area contributed by atoms with Gasteiger partial charge in [0.05, 0.1) is 6.26 Å². The molecule has 0 amide bonds. The second kappa shape index (κ2) is 8.97. The minimum absolute atomic E-state index is 0.316. The van der Waals surface area contributed by atoms with Gasteiger partial charge < -0.3 is 0 Å². The van der Waals surface area contributed by atoms with Crippen LogP contribution < -0.4 is 11.3 Å². The molecule has 20 heavy (non-hydrogen) atoms. The first-order chi connectivity index (χ1) is 9.47. The normalized spacial score (nSPS) is 22.9. The monoisotopic (exact) mass is 305 g/mol. The summed E-state index contributed by atoms with van der Waals surface area (Å²) in [7, 11) is -3.04. The first-order valence-corrected chi connectivity index (χ1v) is 9.73. The average Bonchev–Trinajstić information content (AvgIpc) is 2.41. The number of hydrogen-bond donors (Lipinski definition) is 2. The van der Waals surface area contributed by atoms with Crippen molar-refractivity contribution in [3.05, 3.63) is 0 Å². The molecule has 3 N–H and O–H groups in total. The maximum Gasteiger partial charge on any atom is 0.211 e. The molecule has 1 aliphatic rings. The van der Waals surface area contributed by atoms with E-state index in [4.69, 9.17) is 5.84 Å². The van der Waals surface area contributed by atoms with Crippen molar-refractivity contribution in [1.29, 1.82) is 0 Å². The molecule has 5 nitrogen and oxygen atoms in total. The molecule has 2 unspecified atom stereocenters. The van der Waals surface area contributed by atoms with Crippen molar-refractivity contribution < 1.29 is 8.42 Å². The highest BCUT2D eigenvalue weighted by atomic mass is 32.2. The van der Waals surface area contributed by atoms with Crippen LogP contribution in [0.2, 0.25) is 0 Å². The Balaban J connectivity index is 2.36. The molecular formula is C14H31N3O2S. The molecule has 0 aliphatic carbocycles. The van der Waals surface area contributed by atoms with Crippen LogP contribution in [0.1, 0.15) is 58.3 Å². The number of hydrazine groups is 1. The lowest BCUT2D eigenvalue weighted by molar-refractivity contribution is 0.233. The van der Waals surface area contributed by atoms with Crippen molar-refractivity contribution in [3.63, 3.8) is 0 Å². The van der Waals surface area contributed by atoms with Gasteiger partial charge in [0.15, 0.2) is 0 Å². The van der Waals surface area contributed by atoms with Gasteiger partial charge in [0.1, 0.15) is 0 Å². The number of unbranched alkanes of at least 4 members (excludes halogenated alkanes) is 3. The largest absolute Gasteiger partial charge is 0.271 e. The van der Waals surface area contributed by atoms with Gasteiger partial charge in [0.25, 0.3) is 0 Å². The summed E-state index contributed by atoms with van der Waals surface area (Å²) in [6, 6.07) is 0.316. The smallest absolute Gasteiger partial charge is 0.211 e. The van der Waals surface area contributed by atoms with E-state index in [1.807, 2.05) is 0 Å². The molecule has 0 saturated carbocycles. The predicted molar refractivity (Wildman–Crippen MR) is 83.6 cm³/mol. The lowest BCUT2D eigenvalue weighted by Gasteiger charge is -2.32. The minimum Gasteiger partial charge on any atom is -0.271 e. The van der Waals surface area contributed by atoms with Crippen LogP contribution in [0.3, 0.4) is 0 Å². The van der Waals surface area contributed by atoms with Crippen LogP contribution in [0.4, 0.5) is 0 Å². The molecule has 0 aromatic rings. The third kappa shape index (κ3) is 6.52. The third-order valence-corrected chi connectivity index (χ3v) is 5.48. The van der Waals surface area contributed by atoms with E-state index in [1.54, 1.807) is 4.31 Å². The lowest BCUT2D eigenvalue weighted by Crippen LogP contribution is -2.43. The van der Waals surface area contributed by atoms with Crippen molar-refractivity contribution >= 4 is 10.0 Å². The quantitative estimate of drug-likeness (QED) is 0.387. The van der Waals surface area contributed by atoms with E-state index in [0.29, 0.717) is 25.0 Å². The Hall–Kier alpha value is -0.170. The van der Waals surface area contributed by atoms with Crippen molar-refractivity contribution in [3.8, 4) is 0 Å². The highest BCUT2D eigenvalue weighted by Crippen LogP contribution is 2.24. The molecular weight excluding hydrogens is 274 g/mol. The molecule has 0 aromatic carbocycles. The Labute approximate surface area is 124 Å². The van der Waals surface area contributed by atoms with Crippen LogP contribution in [0.15, 0.2) is 0 Å². The van der Waals surface area contributed by atoms with Gasteiger partial charge in [-0.3, -0.25) is 11.3 Å². The maximum absolute atomic E-state index is 11.6. The highest BCUT2D eigenvalue weighted by molar-refractivity contribution is 7.88. The van der Waals surface area contributed by atoms with E-state index in [-0.39, 0.29) is 0 Å². The Kier molecular flexibility index (Phi) is 8.02. The van der Waals surface area contributed by atoms with Crippen LogP contribution in [-0.2, 0) is 10.0 Å². The van der Waals surface area contributed by atoms with Gasteiger partial charge >= 0.3 is 0 Å². The number of nitrogens with zero attached hydrogens (tertiary/aromatic N) is 1. The summed E-state index contributed by atoms with van der Waals surface area (Å²) in [5, 5.41) is 0. The van der Waals surface area contributed by atoms with Crippen molar-refractivity contribution in [2.24, 2.45) is 11.8 Å². The molecule has 0 spiro atoms. The van der Waals surface area contributed by atoms with Gasteiger partial charge in [-0.1, -0.05) is 32.6 Å². The zero-order valence-corrected chi connectivity index (χ0v) is 13.8. The zero-order chi connectivity index (χ0) is 15.0. The van der Waals surface area contributed by atoms with Gasteiger partial charge in [0, 0.05) is 19.1 Å². The van der Waals surface area contributed by atoms with Gasteiger partial charge in [-0.15, -0.1) is 0 Å². The van der Waals surface area contributed by atoms with E-state index >= 15 is 0 Å². The fourth-order valence-corrected chi connectivity index (χ4v) is 3.95. The van der Waals surface area contributed by atoms with Gasteiger partial charge in [-0.05, 0) is 31.6 Å². The van der Waals surface area contributed by atoms with Crippen LogP contribution >= 0.6 is 0 Å². The summed E-state index contributed by atoms with van der Waals surface area (Å²) in [6.07, 6.45) is 10.4. The van der Waals surface area contributed by atoms with E-state index in [1.165, 1.54) is 31.9 Å². The second-order valence-corrected chi connectivity index (χ2v) is 8.06. The van der Waals surface area contributed by atoms with E-state index < -0.39 is 10.0 Å². The topological polar surface area (TPSA) is 75.4 Å². The number of hydrogen-bond acceptors (Lipinski definition) is 4. The van der Waals surface area contributed by atoms with E-state index in [0.717, 1.165) is 25.7 Å². The van der Waals surface area contributed by atoms with Crippen molar-refractivity contribution in [2.75, 3.05) is 19.3 Å². The molecule has 1 heterocycles. The Morgan fingerprint density at radius 3 is 2.70 bits per heavy atom. The molecule has 120 valence electrons. The molecule has 2 atom stereocenters. The minimum atomic E-state index is -3.04. The number of nitrogens with one attached hydrogen (secondary N) is 1. The molecule has 1 fully saturated rings. The van der Waals surface area contributed by atoms with Crippen LogP contribution in [0.25, 0.3) is 0 Å². The van der Waals surface area contributed by atoms with Crippen molar-refractivity contribution in [2.45, 2.75) is 64.3 Å². The maximum atomic E-state index is 11.6.